The molecule has 0 amide bonds. The zero-order valence-corrected chi connectivity index (χ0v) is 14.1. The molecule has 0 aliphatic heterocycles. The molecule has 1 unspecified atom stereocenters. The lowest BCUT2D eigenvalue weighted by atomic mass is 10.1. The van der Waals surface area contributed by atoms with E-state index in [4.69, 9.17) is 27.6 Å². The standard InChI is InChI=1S/C13H8BrCl2NO2S/c1-17-8-3-2-6(4-9(8)19-13(17)18)11(14)7-5-10(15)20-12(7)16/h2-5,11H,1H3. The molecule has 2 heterocycles. The highest BCUT2D eigenvalue weighted by atomic mass is 79.9. The minimum Gasteiger partial charge on any atom is -0.408 e. The number of benzene rings is 1. The van der Waals surface area contributed by atoms with Crippen molar-refractivity contribution < 1.29 is 4.42 Å². The Labute approximate surface area is 136 Å². The van der Waals surface area contributed by atoms with Gasteiger partial charge in [-0.15, -0.1) is 11.3 Å². The average molecular weight is 393 g/mol. The van der Waals surface area contributed by atoms with E-state index < -0.39 is 0 Å². The minimum absolute atomic E-state index is 0.103. The first-order valence-corrected chi connectivity index (χ1v) is 8.14. The molecular weight excluding hydrogens is 385 g/mol. The summed E-state index contributed by atoms with van der Waals surface area (Å²) in [7, 11) is 1.68. The molecule has 0 bridgehead atoms. The van der Waals surface area contributed by atoms with E-state index in [0.29, 0.717) is 14.3 Å². The molecule has 104 valence electrons. The predicted octanol–water partition coefficient (Wildman–Crippen LogP) is 4.98. The second-order valence-electron chi connectivity index (χ2n) is 4.30. The average Bonchev–Trinajstić information content (AvgIpc) is 2.89. The Morgan fingerprint density at radius 1 is 1.35 bits per heavy atom. The molecule has 0 aliphatic rings. The van der Waals surface area contributed by atoms with Gasteiger partial charge in [-0.2, -0.15) is 0 Å². The summed E-state index contributed by atoms with van der Waals surface area (Å²) in [6.07, 6.45) is 0. The summed E-state index contributed by atoms with van der Waals surface area (Å²) >= 11 is 17.1. The Kier molecular flexibility index (Phi) is 3.71. The van der Waals surface area contributed by atoms with Gasteiger partial charge in [0.05, 0.1) is 19.0 Å². The molecule has 0 saturated carbocycles. The summed E-state index contributed by atoms with van der Waals surface area (Å²) in [5, 5.41) is 0. The molecule has 0 fully saturated rings. The minimum atomic E-state index is -0.375. The molecule has 0 aliphatic carbocycles. The van der Waals surface area contributed by atoms with Crippen molar-refractivity contribution in [3.05, 3.63) is 54.6 Å². The zero-order valence-electron chi connectivity index (χ0n) is 10.2. The van der Waals surface area contributed by atoms with Crippen molar-refractivity contribution in [1.29, 1.82) is 0 Å². The molecule has 0 spiro atoms. The lowest BCUT2D eigenvalue weighted by Gasteiger charge is -2.09. The Hall–Kier alpha value is -0.750. The Bertz CT molecular complexity index is 852. The van der Waals surface area contributed by atoms with Crippen LogP contribution in [-0.2, 0) is 7.05 Å². The Morgan fingerprint density at radius 3 is 2.75 bits per heavy atom. The van der Waals surface area contributed by atoms with Gasteiger partial charge in [-0.3, -0.25) is 4.57 Å². The number of alkyl halides is 1. The molecule has 7 heteroatoms. The van der Waals surface area contributed by atoms with E-state index >= 15 is 0 Å². The predicted molar refractivity (Wildman–Crippen MR) is 86.6 cm³/mol. The van der Waals surface area contributed by atoms with Crippen LogP contribution in [0.2, 0.25) is 8.67 Å². The van der Waals surface area contributed by atoms with Crippen LogP contribution in [0, 0.1) is 0 Å². The van der Waals surface area contributed by atoms with Crippen LogP contribution in [0.1, 0.15) is 16.0 Å². The van der Waals surface area contributed by atoms with Crippen LogP contribution in [0.25, 0.3) is 11.1 Å². The first-order valence-electron chi connectivity index (χ1n) is 5.65. The van der Waals surface area contributed by atoms with Gasteiger partial charge in [-0.1, -0.05) is 45.2 Å². The van der Waals surface area contributed by atoms with Gasteiger partial charge in [0, 0.05) is 12.6 Å². The molecule has 2 aromatic heterocycles. The molecule has 3 rings (SSSR count). The molecular formula is C13H8BrCl2NO2S. The molecule has 1 aromatic carbocycles. The Morgan fingerprint density at radius 2 is 2.10 bits per heavy atom. The second-order valence-corrected chi connectivity index (χ2v) is 7.50. The smallest absolute Gasteiger partial charge is 0.408 e. The van der Waals surface area contributed by atoms with Gasteiger partial charge in [0.2, 0.25) is 0 Å². The van der Waals surface area contributed by atoms with Crippen LogP contribution >= 0.6 is 50.5 Å². The van der Waals surface area contributed by atoms with Crippen LogP contribution in [0.4, 0.5) is 0 Å². The highest BCUT2D eigenvalue weighted by Gasteiger charge is 2.18. The number of fused-ring (bicyclic) bond motifs is 1. The first-order chi connectivity index (χ1) is 9.47. The van der Waals surface area contributed by atoms with E-state index in [1.807, 2.05) is 24.3 Å². The first kappa shape index (κ1) is 14.2. The third kappa shape index (κ3) is 2.33. The number of oxazole rings is 1. The fourth-order valence-electron chi connectivity index (χ4n) is 2.01. The van der Waals surface area contributed by atoms with E-state index in [1.54, 1.807) is 7.05 Å². The quantitative estimate of drug-likeness (QED) is 0.576. The van der Waals surface area contributed by atoms with Gasteiger partial charge in [0.1, 0.15) is 0 Å². The third-order valence-electron chi connectivity index (χ3n) is 3.07. The van der Waals surface area contributed by atoms with Gasteiger partial charge in [-0.05, 0) is 23.8 Å². The lowest BCUT2D eigenvalue weighted by molar-refractivity contribution is 0.528. The topological polar surface area (TPSA) is 35.1 Å². The number of nitrogens with zero attached hydrogens (tertiary/aromatic N) is 1. The summed E-state index contributed by atoms with van der Waals surface area (Å²) in [5.41, 5.74) is 3.16. The summed E-state index contributed by atoms with van der Waals surface area (Å²) in [5.74, 6) is -0.375. The zero-order chi connectivity index (χ0) is 14.4. The van der Waals surface area contributed by atoms with Gasteiger partial charge < -0.3 is 4.42 Å². The van der Waals surface area contributed by atoms with Crippen LogP contribution < -0.4 is 5.76 Å². The number of thiophene rings is 1. The van der Waals surface area contributed by atoms with Crippen molar-refractivity contribution in [3.63, 3.8) is 0 Å². The number of aryl methyl sites for hydroxylation is 1. The maximum Gasteiger partial charge on any atom is 0.419 e. The van der Waals surface area contributed by atoms with Crippen LogP contribution in [0.5, 0.6) is 0 Å². The number of aromatic nitrogens is 1. The van der Waals surface area contributed by atoms with Crippen molar-refractivity contribution in [1.82, 2.24) is 4.57 Å². The molecule has 0 N–H and O–H groups in total. The number of halogens is 3. The van der Waals surface area contributed by atoms with E-state index in [2.05, 4.69) is 15.9 Å². The van der Waals surface area contributed by atoms with Crippen molar-refractivity contribution in [3.8, 4) is 0 Å². The van der Waals surface area contributed by atoms with E-state index in [-0.39, 0.29) is 10.6 Å². The highest BCUT2D eigenvalue weighted by Crippen LogP contribution is 2.41. The molecule has 20 heavy (non-hydrogen) atoms. The summed E-state index contributed by atoms with van der Waals surface area (Å²) < 4.78 is 7.95. The maximum absolute atomic E-state index is 11.5. The normalized spacial score (nSPS) is 13.0. The van der Waals surface area contributed by atoms with Crippen molar-refractivity contribution in [2.75, 3.05) is 0 Å². The largest absolute Gasteiger partial charge is 0.419 e. The summed E-state index contributed by atoms with van der Waals surface area (Å²) in [6, 6.07) is 7.45. The number of hydrogen-bond acceptors (Lipinski definition) is 3. The molecule has 3 nitrogen and oxygen atoms in total. The summed E-state index contributed by atoms with van der Waals surface area (Å²) in [6.45, 7) is 0. The van der Waals surface area contributed by atoms with Crippen molar-refractivity contribution in [2.24, 2.45) is 7.05 Å². The number of rotatable bonds is 2. The van der Waals surface area contributed by atoms with E-state index in [1.165, 1.54) is 15.9 Å². The molecule has 1 atom stereocenters. The van der Waals surface area contributed by atoms with Crippen LogP contribution in [0.3, 0.4) is 0 Å². The Balaban J connectivity index is 2.10. The monoisotopic (exact) mass is 391 g/mol. The van der Waals surface area contributed by atoms with Crippen molar-refractivity contribution in [2.45, 2.75) is 4.83 Å². The van der Waals surface area contributed by atoms with Crippen LogP contribution in [-0.4, -0.2) is 4.57 Å². The highest BCUT2D eigenvalue weighted by molar-refractivity contribution is 9.09. The molecule has 3 aromatic rings. The van der Waals surface area contributed by atoms with Gasteiger partial charge in [0.25, 0.3) is 0 Å². The van der Waals surface area contributed by atoms with Gasteiger partial charge >= 0.3 is 5.76 Å². The number of hydrogen-bond donors (Lipinski definition) is 0. The maximum atomic E-state index is 11.5. The lowest BCUT2D eigenvalue weighted by Crippen LogP contribution is -2.08. The van der Waals surface area contributed by atoms with E-state index in [9.17, 15) is 4.79 Å². The second kappa shape index (κ2) is 5.22. The fraction of sp³-hybridized carbons (Fsp3) is 0.154. The van der Waals surface area contributed by atoms with E-state index in [0.717, 1.165) is 16.6 Å². The van der Waals surface area contributed by atoms with Crippen molar-refractivity contribution >= 4 is 61.6 Å². The SMILES string of the molecule is Cn1c(=O)oc2cc(C(Br)c3cc(Cl)sc3Cl)ccc21. The summed E-state index contributed by atoms with van der Waals surface area (Å²) in [4.78, 5) is 11.4. The van der Waals surface area contributed by atoms with Gasteiger partial charge in [-0.25, -0.2) is 4.79 Å². The van der Waals surface area contributed by atoms with Crippen LogP contribution in [0.15, 0.2) is 33.5 Å². The molecule has 0 saturated heterocycles. The van der Waals surface area contributed by atoms with Gasteiger partial charge in [0.15, 0.2) is 5.58 Å². The molecule has 0 radical (unpaired) electrons. The third-order valence-corrected chi connectivity index (χ3v) is 5.61. The fourth-order valence-corrected chi connectivity index (χ4v) is 4.47.